The quantitative estimate of drug-likeness (QED) is 0.839. The molecule has 2 N–H and O–H groups in total. The molecule has 0 spiro atoms. The van der Waals surface area contributed by atoms with Crippen molar-refractivity contribution in [3.05, 3.63) is 35.9 Å². The molecule has 1 amide bonds. The summed E-state index contributed by atoms with van der Waals surface area (Å²) >= 11 is 0. The molecule has 0 bridgehead atoms. The molecular formula is C14H21N3O3S. The predicted octanol–water partition coefficient (Wildman–Crippen LogP) is -0.135. The second-order valence-electron chi connectivity index (χ2n) is 5.44. The third-order valence-electron chi connectivity index (χ3n) is 3.69. The third-order valence-corrected chi connectivity index (χ3v) is 4.96. The molecule has 7 heteroatoms. The van der Waals surface area contributed by atoms with E-state index in [4.69, 9.17) is 5.73 Å². The van der Waals surface area contributed by atoms with Crippen molar-refractivity contribution in [2.45, 2.75) is 6.54 Å². The number of carbonyl (C=O) groups excluding carboxylic acids is 1. The second-order valence-corrected chi connectivity index (χ2v) is 7.42. The Labute approximate surface area is 125 Å². The molecule has 0 aromatic heterocycles. The zero-order valence-electron chi connectivity index (χ0n) is 12.1. The maximum Gasteiger partial charge on any atom is 0.223 e. The number of hydrogen-bond donors (Lipinski definition) is 1. The van der Waals surface area contributed by atoms with Crippen LogP contribution >= 0.6 is 0 Å². The van der Waals surface area contributed by atoms with Crippen LogP contribution in [-0.4, -0.2) is 56.0 Å². The summed E-state index contributed by atoms with van der Waals surface area (Å²) in [6.07, 6.45) is 1.16. The van der Waals surface area contributed by atoms with Crippen LogP contribution in [-0.2, 0) is 21.4 Å². The molecule has 1 fully saturated rings. The van der Waals surface area contributed by atoms with Crippen molar-refractivity contribution in [3.63, 3.8) is 0 Å². The summed E-state index contributed by atoms with van der Waals surface area (Å²) in [5.74, 6) is -0.936. The van der Waals surface area contributed by atoms with Gasteiger partial charge in [0.2, 0.25) is 15.9 Å². The van der Waals surface area contributed by atoms with E-state index in [2.05, 4.69) is 4.90 Å². The molecule has 0 saturated carbocycles. The Morgan fingerprint density at radius 1 is 1.24 bits per heavy atom. The summed E-state index contributed by atoms with van der Waals surface area (Å²) in [5, 5.41) is 0. The van der Waals surface area contributed by atoms with E-state index in [-0.39, 0.29) is 6.54 Å². The Kier molecular flexibility index (Phi) is 4.97. The molecule has 6 nitrogen and oxygen atoms in total. The van der Waals surface area contributed by atoms with Gasteiger partial charge in [0.15, 0.2) is 0 Å². The molecule has 0 unspecified atom stereocenters. The number of carbonyl (C=O) groups is 1. The third kappa shape index (κ3) is 4.52. The first kappa shape index (κ1) is 15.9. The van der Waals surface area contributed by atoms with E-state index < -0.39 is 21.8 Å². The van der Waals surface area contributed by atoms with Crippen molar-refractivity contribution in [3.8, 4) is 0 Å². The summed E-state index contributed by atoms with van der Waals surface area (Å²) in [6.45, 7) is 2.30. The topological polar surface area (TPSA) is 83.7 Å². The van der Waals surface area contributed by atoms with Crippen LogP contribution < -0.4 is 5.73 Å². The number of rotatable bonds is 4. The molecule has 1 heterocycles. The zero-order chi connectivity index (χ0) is 15.5. The molecule has 1 aromatic rings. The van der Waals surface area contributed by atoms with Gasteiger partial charge in [0, 0.05) is 32.7 Å². The minimum absolute atomic E-state index is 0.166. The molecule has 0 radical (unpaired) electrons. The fraction of sp³-hybridized carbons (Fsp3) is 0.500. The molecular weight excluding hydrogens is 290 g/mol. The van der Waals surface area contributed by atoms with Crippen LogP contribution in [0.3, 0.4) is 0 Å². The van der Waals surface area contributed by atoms with Gasteiger partial charge in [-0.3, -0.25) is 9.69 Å². The molecule has 1 aliphatic heterocycles. The molecule has 1 saturated heterocycles. The van der Waals surface area contributed by atoms with E-state index in [0.29, 0.717) is 26.2 Å². The first-order valence-corrected chi connectivity index (χ1v) is 8.72. The number of nitrogens with zero attached hydrogens (tertiary/aromatic N) is 2. The fourth-order valence-corrected chi connectivity index (χ4v) is 3.38. The Hall–Kier alpha value is -1.44. The molecule has 21 heavy (non-hydrogen) atoms. The number of primary amides is 1. The van der Waals surface area contributed by atoms with Gasteiger partial charge in [-0.15, -0.1) is 0 Å². The average Bonchev–Trinajstić information content (AvgIpc) is 2.62. The fourth-order valence-electron chi connectivity index (χ4n) is 2.52. The van der Waals surface area contributed by atoms with Gasteiger partial charge < -0.3 is 5.73 Å². The smallest absolute Gasteiger partial charge is 0.223 e. The van der Waals surface area contributed by atoms with Crippen LogP contribution in [0.2, 0.25) is 0 Å². The number of sulfonamides is 1. The number of nitrogens with two attached hydrogens (primary N) is 1. The van der Waals surface area contributed by atoms with Gasteiger partial charge in [0.25, 0.3) is 0 Å². The average molecular weight is 311 g/mol. The van der Waals surface area contributed by atoms with Gasteiger partial charge >= 0.3 is 0 Å². The maximum absolute atomic E-state index is 11.7. The van der Waals surface area contributed by atoms with Gasteiger partial charge in [-0.25, -0.2) is 12.7 Å². The predicted molar refractivity (Wildman–Crippen MR) is 80.8 cm³/mol. The van der Waals surface area contributed by atoms with E-state index in [0.717, 1.165) is 11.8 Å². The van der Waals surface area contributed by atoms with Gasteiger partial charge in [-0.05, 0) is 5.56 Å². The van der Waals surface area contributed by atoms with E-state index in [1.54, 1.807) is 0 Å². The second kappa shape index (κ2) is 6.55. The summed E-state index contributed by atoms with van der Waals surface area (Å²) in [5.41, 5.74) is 6.54. The highest BCUT2D eigenvalue weighted by Crippen LogP contribution is 2.15. The Morgan fingerprint density at radius 2 is 1.90 bits per heavy atom. The number of amides is 1. The first-order valence-electron chi connectivity index (χ1n) is 6.87. The Balaban J connectivity index is 2.12. The van der Waals surface area contributed by atoms with Crippen LogP contribution in [0.25, 0.3) is 0 Å². The van der Waals surface area contributed by atoms with Crippen LogP contribution in [0.4, 0.5) is 0 Å². The van der Waals surface area contributed by atoms with Crippen molar-refractivity contribution >= 4 is 15.9 Å². The van der Waals surface area contributed by atoms with Gasteiger partial charge in [0.1, 0.15) is 0 Å². The lowest BCUT2D eigenvalue weighted by molar-refractivity contribution is -0.122. The van der Waals surface area contributed by atoms with Crippen LogP contribution in [0.5, 0.6) is 0 Å². The van der Waals surface area contributed by atoms with Gasteiger partial charge in [0.05, 0.1) is 12.2 Å². The van der Waals surface area contributed by atoms with Crippen LogP contribution in [0, 0.1) is 5.92 Å². The lowest BCUT2D eigenvalue weighted by Crippen LogP contribution is -2.40. The van der Waals surface area contributed by atoms with E-state index in [1.807, 2.05) is 30.3 Å². The van der Waals surface area contributed by atoms with Crippen molar-refractivity contribution in [1.82, 2.24) is 9.21 Å². The molecule has 116 valence electrons. The Morgan fingerprint density at radius 3 is 2.48 bits per heavy atom. The monoisotopic (exact) mass is 311 g/mol. The normalized spacial score (nSPS) is 21.9. The SMILES string of the molecule is CS(=O)(=O)N1CCN(Cc2ccccc2)C[C@H](C(N)=O)C1. The Bertz CT molecular complexity index is 589. The minimum Gasteiger partial charge on any atom is -0.369 e. The minimum atomic E-state index is -3.31. The highest BCUT2D eigenvalue weighted by Gasteiger charge is 2.30. The molecule has 1 atom stereocenters. The number of benzene rings is 1. The molecule has 1 aliphatic rings. The van der Waals surface area contributed by atoms with E-state index in [9.17, 15) is 13.2 Å². The lowest BCUT2D eigenvalue weighted by Gasteiger charge is -2.22. The molecule has 2 rings (SSSR count). The lowest BCUT2D eigenvalue weighted by atomic mass is 10.1. The summed E-state index contributed by atoms with van der Waals surface area (Å²) in [6, 6.07) is 9.89. The summed E-state index contributed by atoms with van der Waals surface area (Å²) in [4.78, 5) is 13.6. The van der Waals surface area contributed by atoms with E-state index in [1.165, 1.54) is 4.31 Å². The summed E-state index contributed by atoms with van der Waals surface area (Å²) < 4.78 is 24.8. The largest absolute Gasteiger partial charge is 0.369 e. The van der Waals surface area contributed by atoms with Crippen molar-refractivity contribution < 1.29 is 13.2 Å². The summed E-state index contributed by atoms with van der Waals surface area (Å²) in [7, 11) is -3.31. The van der Waals surface area contributed by atoms with Crippen molar-refractivity contribution in [2.75, 3.05) is 32.4 Å². The molecule has 0 aliphatic carbocycles. The van der Waals surface area contributed by atoms with Crippen LogP contribution in [0.1, 0.15) is 5.56 Å². The van der Waals surface area contributed by atoms with Crippen LogP contribution in [0.15, 0.2) is 30.3 Å². The van der Waals surface area contributed by atoms with E-state index >= 15 is 0 Å². The maximum atomic E-state index is 11.7. The highest BCUT2D eigenvalue weighted by atomic mass is 32.2. The zero-order valence-corrected chi connectivity index (χ0v) is 12.9. The standard InChI is InChI=1S/C14H21N3O3S/c1-21(19,20)17-8-7-16(10-13(11-17)14(15)18)9-12-5-3-2-4-6-12/h2-6,13H,7-11H2,1H3,(H2,15,18)/t13-/m0/s1. The van der Waals surface area contributed by atoms with Gasteiger partial charge in [-0.2, -0.15) is 0 Å². The molecule has 1 aromatic carbocycles. The first-order chi connectivity index (χ1) is 9.86. The number of hydrogen-bond acceptors (Lipinski definition) is 4. The highest BCUT2D eigenvalue weighted by molar-refractivity contribution is 7.88. The van der Waals surface area contributed by atoms with Gasteiger partial charge in [-0.1, -0.05) is 30.3 Å². The van der Waals surface area contributed by atoms with Crippen molar-refractivity contribution in [1.29, 1.82) is 0 Å². The van der Waals surface area contributed by atoms with Crippen molar-refractivity contribution in [2.24, 2.45) is 11.7 Å².